The minimum atomic E-state index is -0.146. The number of aromatic nitrogens is 1. The lowest BCUT2D eigenvalue weighted by Crippen LogP contribution is -2.45. The van der Waals surface area contributed by atoms with Gasteiger partial charge in [-0.3, -0.25) is 10.2 Å². The third-order valence-corrected chi connectivity index (χ3v) is 3.62. The van der Waals surface area contributed by atoms with Crippen molar-refractivity contribution < 1.29 is 4.79 Å². The first-order valence-electron chi connectivity index (χ1n) is 7.45. The molecule has 0 atom stereocenters. The van der Waals surface area contributed by atoms with Gasteiger partial charge in [0.05, 0.1) is 0 Å². The number of nitrogen functional groups attached to an aromatic ring is 1. The number of hydrazine groups is 2. The monoisotopic (exact) mass is 291 g/mol. The molecule has 0 spiro atoms. The van der Waals surface area contributed by atoms with Crippen LogP contribution in [0.2, 0.25) is 0 Å². The summed E-state index contributed by atoms with van der Waals surface area (Å²) < 4.78 is 0. The SMILES string of the molecule is CC(C)(C)c1cc(C(=O)NN2CCCCC2)cc(NN)n1. The number of piperidine rings is 1. The summed E-state index contributed by atoms with van der Waals surface area (Å²) in [5.74, 6) is 5.86. The Morgan fingerprint density at radius 3 is 2.48 bits per heavy atom. The van der Waals surface area contributed by atoms with Crippen LogP contribution in [0, 0.1) is 0 Å². The molecule has 116 valence electrons. The highest BCUT2D eigenvalue weighted by molar-refractivity contribution is 5.94. The molecule has 1 aromatic heterocycles. The second-order valence-corrected chi connectivity index (χ2v) is 6.51. The number of carbonyl (C=O) groups excluding carboxylic acids is 1. The molecule has 2 rings (SSSR count). The molecule has 0 bridgehead atoms. The Kier molecular flexibility index (Phi) is 4.80. The van der Waals surface area contributed by atoms with Crippen molar-refractivity contribution in [1.29, 1.82) is 0 Å². The van der Waals surface area contributed by atoms with E-state index in [0.717, 1.165) is 31.6 Å². The highest BCUT2D eigenvalue weighted by Gasteiger charge is 2.20. The number of nitrogens with two attached hydrogens (primary N) is 1. The zero-order chi connectivity index (χ0) is 15.5. The Bertz CT molecular complexity index is 503. The number of nitrogens with zero attached hydrogens (tertiary/aromatic N) is 2. The molecule has 2 heterocycles. The van der Waals surface area contributed by atoms with E-state index in [9.17, 15) is 4.79 Å². The van der Waals surface area contributed by atoms with E-state index in [4.69, 9.17) is 5.84 Å². The number of nitrogens with one attached hydrogen (secondary N) is 2. The first-order valence-corrected chi connectivity index (χ1v) is 7.45. The highest BCUT2D eigenvalue weighted by atomic mass is 16.2. The van der Waals surface area contributed by atoms with Gasteiger partial charge in [-0.15, -0.1) is 0 Å². The minimum Gasteiger partial charge on any atom is -0.308 e. The molecule has 1 amide bonds. The quantitative estimate of drug-likeness (QED) is 0.584. The Morgan fingerprint density at radius 2 is 1.90 bits per heavy atom. The van der Waals surface area contributed by atoms with Crippen molar-refractivity contribution >= 4 is 11.7 Å². The summed E-state index contributed by atoms with van der Waals surface area (Å²) in [7, 11) is 0. The number of amides is 1. The predicted molar refractivity (Wildman–Crippen MR) is 83.6 cm³/mol. The van der Waals surface area contributed by atoms with E-state index in [2.05, 4.69) is 36.6 Å². The predicted octanol–water partition coefficient (Wildman–Crippen LogP) is 1.80. The van der Waals surface area contributed by atoms with Gasteiger partial charge in [-0.1, -0.05) is 27.2 Å². The number of anilines is 1. The second-order valence-electron chi connectivity index (χ2n) is 6.51. The Hall–Kier alpha value is -1.66. The van der Waals surface area contributed by atoms with E-state index in [-0.39, 0.29) is 11.3 Å². The zero-order valence-corrected chi connectivity index (χ0v) is 13.1. The van der Waals surface area contributed by atoms with Crippen molar-refractivity contribution in [2.24, 2.45) is 5.84 Å². The maximum Gasteiger partial charge on any atom is 0.265 e. The summed E-state index contributed by atoms with van der Waals surface area (Å²) in [6.07, 6.45) is 3.48. The maximum absolute atomic E-state index is 12.4. The molecule has 0 unspecified atom stereocenters. The van der Waals surface area contributed by atoms with Gasteiger partial charge in [-0.05, 0) is 25.0 Å². The molecule has 1 aromatic rings. The van der Waals surface area contributed by atoms with Gasteiger partial charge >= 0.3 is 0 Å². The standard InChI is InChI=1S/C15H25N5O/c1-15(2,3)12-9-11(10-13(17-12)18-16)14(21)19-20-7-5-4-6-8-20/h9-10H,4-8,16H2,1-3H3,(H,17,18)(H,19,21). The van der Waals surface area contributed by atoms with Gasteiger partial charge < -0.3 is 5.43 Å². The third kappa shape index (κ3) is 4.15. The molecule has 6 heteroatoms. The van der Waals surface area contributed by atoms with Crippen LogP contribution in [0.3, 0.4) is 0 Å². The van der Waals surface area contributed by atoms with Gasteiger partial charge in [0.1, 0.15) is 5.82 Å². The number of rotatable bonds is 3. The van der Waals surface area contributed by atoms with Crippen LogP contribution >= 0.6 is 0 Å². The molecule has 21 heavy (non-hydrogen) atoms. The van der Waals surface area contributed by atoms with Crippen LogP contribution in [-0.4, -0.2) is 29.0 Å². The van der Waals surface area contributed by atoms with Gasteiger partial charge in [0.15, 0.2) is 0 Å². The summed E-state index contributed by atoms with van der Waals surface area (Å²) in [6.45, 7) is 7.99. The fraction of sp³-hybridized carbons (Fsp3) is 0.600. The molecular formula is C15H25N5O. The number of carbonyl (C=O) groups is 1. The zero-order valence-electron chi connectivity index (χ0n) is 13.1. The van der Waals surface area contributed by atoms with Crippen LogP contribution in [0.15, 0.2) is 12.1 Å². The van der Waals surface area contributed by atoms with E-state index < -0.39 is 0 Å². The molecule has 1 fully saturated rings. The molecule has 0 aliphatic carbocycles. The van der Waals surface area contributed by atoms with Gasteiger partial charge in [0.2, 0.25) is 0 Å². The van der Waals surface area contributed by atoms with Crippen molar-refractivity contribution in [2.75, 3.05) is 18.5 Å². The average Bonchev–Trinajstić information content (AvgIpc) is 2.46. The average molecular weight is 291 g/mol. The summed E-state index contributed by atoms with van der Waals surface area (Å²) in [6, 6.07) is 3.51. The molecule has 0 radical (unpaired) electrons. The molecule has 1 saturated heterocycles. The van der Waals surface area contributed by atoms with Crippen LogP contribution in [0.4, 0.5) is 5.82 Å². The Morgan fingerprint density at radius 1 is 1.24 bits per heavy atom. The lowest BCUT2D eigenvalue weighted by Gasteiger charge is -2.27. The highest BCUT2D eigenvalue weighted by Crippen LogP contribution is 2.23. The first kappa shape index (κ1) is 15.7. The fourth-order valence-electron chi connectivity index (χ4n) is 2.33. The second kappa shape index (κ2) is 6.41. The van der Waals surface area contributed by atoms with Crippen LogP contribution < -0.4 is 16.7 Å². The normalized spacial score (nSPS) is 16.6. The van der Waals surface area contributed by atoms with E-state index in [1.807, 2.05) is 11.1 Å². The maximum atomic E-state index is 12.4. The lowest BCUT2D eigenvalue weighted by molar-refractivity contribution is 0.0750. The van der Waals surface area contributed by atoms with E-state index in [1.165, 1.54) is 6.42 Å². The van der Waals surface area contributed by atoms with E-state index >= 15 is 0 Å². The summed E-state index contributed by atoms with van der Waals surface area (Å²) in [4.78, 5) is 16.8. The van der Waals surface area contributed by atoms with Crippen molar-refractivity contribution in [3.8, 4) is 0 Å². The summed E-state index contributed by atoms with van der Waals surface area (Å²) >= 11 is 0. The first-order chi connectivity index (χ1) is 9.90. The number of hydrogen-bond acceptors (Lipinski definition) is 5. The number of pyridine rings is 1. The summed E-state index contributed by atoms with van der Waals surface area (Å²) in [5.41, 5.74) is 6.76. The molecule has 1 aliphatic rings. The molecule has 0 saturated carbocycles. The smallest absolute Gasteiger partial charge is 0.265 e. The van der Waals surface area contributed by atoms with Gasteiger partial charge in [0, 0.05) is 29.8 Å². The van der Waals surface area contributed by atoms with Crippen LogP contribution in [0.1, 0.15) is 56.1 Å². The van der Waals surface area contributed by atoms with Crippen molar-refractivity contribution in [3.05, 3.63) is 23.4 Å². The van der Waals surface area contributed by atoms with E-state index in [1.54, 1.807) is 6.07 Å². The Labute approximate surface area is 126 Å². The van der Waals surface area contributed by atoms with Gasteiger partial charge in [-0.2, -0.15) is 0 Å². The molecule has 0 aromatic carbocycles. The van der Waals surface area contributed by atoms with Crippen molar-refractivity contribution in [1.82, 2.24) is 15.4 Å². The number of hydrogen-bond donors (Lipinski definition) is 3. The largest absolute Gasteiger partial charge is 0.308 e. The van der Waals surface area contributed by atoms with Crippen LogP contribution in [0.25, 0.3) is 0 Å². The van der Waals surface area contributed by atoms with Crippen molar-refractivity contribution in [2.45, 2.75) is 45.4 Å². The lowest BCUT2D eigenvalue weighted by atomic mass is 9.90. The third-order valence-electron chi connectivity index (χ3n) is 3.62. The van der Waals surface area contributed by atoms with Gasteiger partial charge in [-0.25, -0.2) is 15.8 Å². The fourth-order valence-corrected chi connectivity index (χ4v) is 2.33. The topological polar surface area (TPSA) is 83.3 Å². The molecule has 1 aliphatic heterocycles. The molecule has 4 N–H and O–H groups in total. The Balaban J connectivity index is 2.19. The molecule has 6 nitrogen and oxygen atoms in total. The summed E-state index contributed by atoms with van der Waals surface area (Å²) in [5, 5.41) is 1.98. The van der Waals surface area contributed by atoms with Crippen molar-refractivity contribution in [3.63, 3.8) is 0 Å². The van der Waals surface area contributed by atoms with Crippen LogP contribution in [-0.2, 0) is 5.41 Å². The van der Waals surface area contributed by atoms with E-state index in [0.29, 0.717) is 11.4 Å². The van der Waals surface area contributed by atoms with Gasteiger partial charge in [0.25, 0.3) is 5.91 Å². The minimum absolute atomic E-state index is 0.110. The molecular weight excluding hydrogens is 266 g/mol. The van der Waals surface area contributed by atoms with Crippen LogP contribution in [0.5, 0.6) is 0 Å².